The first-order chi connectivity index (χ1) is 17.3. The minimum absolute atomic E-state index is 0.668. The van der Waals surface area contributed by atoms with Crippen LogP contribution in [0, 0.1) is 0 Å². The summed E-state index contributed by atoms with van der Waals surface area (Å²) in [7, 11) is 0. The maximum absolute atomic E-state index is 6.74. The first-order valence-corrected chi connectivity index (χ1v) is 11.9. The molecule has 0 N–H and O–H groups in total. The summed E-state index contributed by atoms with van der Waals surface area (Å²) < 4.78 is 0. The Morgan fingerprint density at radius 1 is 0.486 bits per heavy atom. The van der Waals surface area contributed by atoms with Gasteiger partial charge in [0.15, 0.2) is 0 Å². The zero-order chi connectivity index (χ0) is 23.9. The molecular formula is C32H24ClNO. The van der Waals surface area contributed by atoms with E-state index >= 15 is 0 Å². The highest BCUT2D eigenvalue weighted by Crippen LogP contribution is 2.41. The van der Waals surface area contributed by atoms with Crippen LogP contribution >= 0.6 is 11.6 Å². The van der Waals surface area contributed by atoms with E-state index in [9.17, 15) is 0 Å². The van der Waals surface area contributed by atoms with Crippen molar-refractivity contribution in [2.24, 2.45) is 5.16 Å². The van der Waals surface area contributed by atoms with Gasteiger partial charge in [-0.25, -0.2) is 0 Å². The van der Waals surface area contributed by atoms with Crippen molar-refractivity contribution in [2.45, 2.75) is 5.60 Å². The van der Waals surface area contributed by atoms with E-state index in [0.29, 0.717) is 5.02 Å². The summed E-state index contributed by atoms with van der Waals surface area (Å²) in [6.07, 6.45) is 0. The number of halogens is 1. The number of rotatable bonds is 7. The number of hydrogen-bond donors (Lipinski definition) is 0. The van der Waals surface area contributed by atoms with Gasteiger partial charge in [0.1, 0.15) is 5.71 Å². The molecule has 0 bridgehead atoms. The van der Waals surface area contributed by atoms with Crippen molar-refractivity contribution < 1.29 is 4.84 Å². The Hall–Kier alpha value is -4.14. The second-order valence-electron chi connectivity index (χ2n) is 8.18. The minimum atomic E-state index is -0.984. The van der Waals surface area contributed by atoms with E-state index in [1.54, 1.807) is 0 Å². The monoisotopic (exact) mass is 473 g/mol. The van der Waals surface area contributed by atoms with E-state index in [1.807, 2.05) is 121 Å². The molecule has 5 aromatic carbocycles. The van der Waals surface area contributed by atoms with Crippen LogP contribution in [0.3, 0.4) is 0 Å². The quantitative estimate of drug-likeness (QED) is 0.133. The van der Waals surface area contributed by atoms with Crippen molar-refractivity contribution in [1.82, 2.24) is 0 Å². The zero-order valence-electron chi connectivity index (χ0n) is 19.1. The Balaban J connectivity index is 1.75. The third-order valence-corrected chi connectivity index (χ3v) is 6.23. The van der Waals surface area contributed by atoms with Gasteiger partial charge < -0.3 is 4.84 Å². The molecule has 5 aromatic rings. The van der Waals surface area contributed by atoms with Crippen LogP contribution < -0.4 is 0 Å². The van der Waals surface area contributed by atoms with Gasteiger partial charge in [0.25, 0.3) is 0 Å². The number of hydrogen-bond acceptors (Lipinski definition) is 2. The molecule has 0 saturated carbocycles. The van der Waals surface area contributed by atoms with Crippen LogP contribution in [0.5, 0.6) is 0 Å². The van der Waals surface area contributed by atoms with Gasteiger partial charge in [0, 0.05) is 32.8 Å². The molecule has 170 valence electrons. The first-order valence-electron chi connectivity index (χ1n) is 11.5. The Bertz CT molecular complexity index is 1300. The summed E-state index contributed by atoms with van der Waals surface area (Å²) >= 11 is 6.27. The molecule has 2 nitrogen and oxygen atoms in total. The van der Waals surface area contributed by atoms with E-state index in [0.717, 1.165) is 33.5 Å². The van der Waals surface area contributed by atoms with Crippen molar-refractivity contribution in [3.05, 3.63) is 178 Å². The third-order valence-electron chi connectivity index (χ3n) is 5.98. The maximum Gasteiger partial charge on any atom is 0.212 e. The fourth-order valence-corrected chi connectivity index (χ4v) is 4.39. The van der Waals surface area contributed by atoms with Gasteiger partial charge in [0.05, 0.1) is 0 Å². The van der Waals surface area contributed by atoms with Crippen molar-refractivity contribution in [3.8, 4) is 0 Å². The molecule has 0 amide bonds. The molecule has 0 fully saturated rings. The molecule has 0 radical (unpaired) electrons. The second-order valence-corrected chi connectivity index (χ2v) is 8.62. The van der Waals surface area contributed by atoms with E-state index in [4.69, 9.17) is 21.6 Å². The molecule has 0 aliphatic rings. The molecule has 0 heterocycles. The molecular weight excluding hydrogens is 450 g/mol. The fraction of sp³-hybridized carbons (Fsp3) is 0.0312. The topological polar surface area (TPSA) is 21.6 Å². The lowest BCUT2D eigenvalue weighted by atomic mass is 9.80. The number of nitrogens with zero attached hydrogens (tertiary/aromatic N) is 1. The summed E-state index contributed by atoms with van der Waals surface area (Å²) in [4.78, 5) is 6.74. The van der Waals surface area contributed by atoms with E-state index < -0.39 is 5.60 Å². The summed E-state index contributed by atoms with van der Waals surface area (Å²) in [5.41, 5.74) is 4.60. The Kier molecular flexibility index (Phi) is 6.74. The van der Waals surface area contributed by atoms with Gasteiger partial charge in [-0.05, 0) is 12.1 Å². The highest BCUT2D eigenvalue weighted by molar-refractivity contribution is 6.30. The molecule has 3 heteroatoms. The predicted octanol–water partition coefficient (Wildman–Crippen LogP) is 8.10. The average molecular weight is 474 g/mol. The van der Waals surface area contributed by atoms with E-state index in [-0.39, 0.29) is 0 Å². The molecule has 0 saturated heterocycles. The maximum atomic E-state index is 6.74. The number of benzene rings is 5. The first kappa shape index (κ1) is 22.6. The van der Waals surface area contributed by atoms with Gasteiger partial charge in [-0.3, -0.25) is 0 Å². The third kappa shape index (κ3) is 4.75. The molecule has 0 unspecified atom stereocenters. The molecule has 0 spiro atoms. The lowest BCUT2D eigenvalue weighted by Crippen LogP contribution is -2.31. The zero-order valence-corrected chi connectivity index (χ0v) is 19.8. The Labute approximate surface area is 211 Å². The molecule has 0 aliphatic carbocycles. The highest BCUT2D eigenvalue weighted by Gasteiger charge is 2.39. The van der Waals surface area contributed by atoms with Crippen molar-refractivity contribution in [2.75, 3.05) is 0 Å². The van der Waals surface area contributed by atoms with E-state index in [1.165, 1.54) is 0 Å². The summed E-state index contributed by atoms with van der Waals surface area (Å²) in [5, 5.41) is 5.54. The Morgan fingerprint density at radius 3 is 1.29 bits per heavy atom. The van der Waals surface area contributed by atoms with Crippen molar-refractivity contribution >= 4 is 17.3 Å². The van der Waals surface area contributed by atoms with Crippen LogP contribution in [0.2, 0.25) is 5.02 Å². The average Bonchev–Trinajstić information content (AvgIpc) is 2.94. The molecule has 0 atom stereocenters. The SMILES string of the molecule is Clc1ccc(C(ON=C(c2ccccc2)c2ccccc2)(c2ccccc2)c2ccccc2)cc1. The molecule has 0 aromatic heterocycles. The molecule has 0 aliphatic heterocycles. The van der Waals surface area contributed by atoms with Crippen LogP contribution in [-0.4, -0.2) is 5.71 Å². The second kappa shape index (κ2) is 10.4. The van der Waals surface area contributed by atoms with Crippen molar-refractivity contribution in [1.29, 1.82) is 0 Å². The minimum Gasteiger partial charge on any atom is -0.374 e. The van der Waals surface area contributed by atoms with Crippen LogP contribution in [0.15, 0.2) is 151 Å². The fourth-order valence-electron chi connectivity index (χ4n) is 4.27. The predicted molar refractivity (Wildman–Crippen MR) is 144 cm³/mol. The lowest BCUT2D eigenvalue weighted by Gasteiger charge is -2.33. The van der Waals surface area contributed by atoms with Gasteiger partial charge in [0.2, 0.25) is 5.60 Å². The smallest absolute Gasteiger partial charge is 0.212 e. The number of oxime groups is 1. The lowest BCUT2D eigenvalue weighted by molar-refractivity contribution is 0.0175. The van der Waals surface area contributed by atoms with Crippen LogP contribution in [-0.2, 0) is 10.4 Å². The van der Waals surface area contributed by atoms with Crippen LogP contribution in [0.25, 0.3) is 0 Å². The largest absolute Gasteiger partial charge is 0.374 e. The van der Waals surface area contributed by atoms with Gasteiger partial charge in [-0.2, -0.15) is 0 Å². The molecule has 35 heavy (non-hydrogen) atoms. The summed E-state index contributed by atoms with van der Waals surface area (Å²) in [6, 6.07) is 48.4. The Morgan fingerprint density at radius 2 is 0.857 bits per heavy atom. The normalized spacial score (nSPS) is 11.0. The molecule has 5 rings (SSSR count). The summed E-state index contributed by atoms with van der Waals surface area (Å²) in [6.45, 7) is 0. The van der Waals surface area contributed by atoms with Crippen LogP contribution in [0.1, 0.15) is 27.8 Å². The highest BCUT2D eigenvalue weighted by atomic mass is 35.5. The van der Waals surface area contributed by atoms with Crippen molar-refractivity contribution in [3.63, 3.8) is 0 Å². The van der Waals surface area contributed by atoms with Crippen LogP contribution in [0.4, 0.5) is 0 Å². The van der Waals surface area contributed by atoms with Gasteiger partial charge in [-0.1, -0.05) is 150 Å². The standard InChI is InChI=1S/C32H24ClNO/c33-30-23-21-29(22-24-30)32(27-17-9-3-10-18-27,28-19-11-4-12-20-28)35-34-31(25-13-5-1-6-14-25)26-15-7-2-8-16-26/h1-24H. The van der Waals surface area contributed by atoms with Gasteiger partial charge >= 0.3 is 0 Å². The summed E-state index contributed by atoms with van der Waals surface area (Å²) in [5.74, 6) is 0. The van der Waals surface area contributed by atoms with E-state index in [2.05, 4.69) is 24.3 Å². The van der Waals surface area contributed by atoms with Gasteiger partial charge in [-0.15, -0.1) is 0 Å².